The fourth-order valence-electron chi connectivity index (χ4n) is 2.18. The Morgan fingerprint density at radius 3 is 2.76 bits per heavy atom. The minimum atomic E-state index is 0.495. The van der Waals surface area contributed by atoms with Crippen molar-refractivity contribution in [2.75, 3.05) is 37.8 Å². The summed E-state index contributed by atoms with van der Waals surface area (Å²) in [4.78, 5) is 13.0. The summed E-state index contributed by atoms with van der Waals surface area (Å²) in [5.74, 6) is 1.27. The Morgan fingerprint density at radius 2 is 2.12 bits per heavy atom. The molecule has 1 aliphatic heterocycles. The van der Waals surface area contributed by atoms with E-state index in [-0.39, 0.29) is 0 Å². The molecule has 1 fully saturated rings. The maximum Gasteiger partial charge on any atom is 0.172 e. The topological polar surface area (TPSA) is 58.3 Å². The van der Waals surface area contributed by atoms with Crippen molar-refractivity contribution < 1.29 is 0 Å². The second-order valence-electron chi connectivity index (χ2n) is 4.55. The smallest absolute Gasteiger partial charge is 0.172 e. The predicted octanol–water partition coefficient (Wildman–Crippen LogP) is 1.35. The van der Waals surface area contributed by atoms with Crippen molar-refractivity contribution >= 4 is 27.6 Å². The predicted molar refractivity (Wildman–Crippen MR) is 73.1 cm³/mol. The van der Waals surface area contributed by atoms with E-state index in [1.165, 1.54) is 0 Å². The van der Waals surface area contributed by atoms with Gasteiger partial charge in [0.25, 0.3) is 0 Å². The van der Waals surface area contributed by atoms with Gasteiger partial charge in [0.2, 0.25) is 0 Å². The van der Waals surface area contributed by atoms with E-state index in [9.17, 15) is 0 Å². The number of halogens is 1. The number of nitrogens with two attached hydrogens (primary N) is 1. The third kappa shape index (κ3) is 2.87. The summed E-state index contributed by atoms with van der Waals surface area (Å²) in [7, 11) is 4.20. The summed E-state index contributed by atoms with van der Waals surface area (Å²) in [6.07, 6.45) is 3.91. The molecule has 0 bridgehead atoms. The van der Waals surface area contributed by atoms with E-state index in [4.69, 9.17) is 5.73 Å². The molecule has 6 heteroatoms. The fraction of sp³-hybridized carbons (Fsp3) is 0.636. The van der Waals surface area contributed by atoms with Crippen LogP contribution >= 0.6 is 15.9 Å². The molecule has 2 rings (SSSR count). The van der Waals surface area contributed by atoms with Crippen LogP contribution in [-0.2, 0) is 0 Å². The Kier molecular flexibility index (Phi) is 3.83. The van der Waals surface area contributed by atoms with Crippen LogP contribution in [0.3, 0.4) is 0 Å². The Hall–Kier alpha value is -0.880. The molecule has 5 nitrogen and oxygen atoms in total. The molecule has 1 aromatic rings. The molecule has 0 saturated carbocycles. The second-order valence-corrected chi connectivity index (χ2v) is 5.36. The highest BCUT2D eigenvalue weighted by Gasteiger charge is 2.23. The maximum absolute atomic E-state index is 5.88. The van der Waals surface area contributed by atoms with Crippen LogP contribution in [0.1, 0.15) is 12.8 Å². The Morgan fingerprint density at radius 1 is 1.47 bits per heavy atom. The van der Waals surface area contributed by atoms with Crippen LogP contribution in [-0.4, -0.2) is 48.1 Å². The Balaban J connectivity index is 2.13. The zero-order chi connectivity index (χ0) is 12.4. The highest BCUT2D eigenvalue weighted by atomic mass is 79.9. The molecule has 0 amide bonds. The molecule has 0 atom stereocenters. The molecule has 1 saturated heterocycles. The van der Waals surface area contributed by atoms with Crippen molar-refractivity contribution in [3.8, 4) is 0 Å². The first-order valence-electron chi connectivity index (χ1n) is 5.77. The lowest BCUT2D eigenvalue weighted by molar-refractivity contribution is 0.252. The lowest BCUT2D eigenvalue weighted by atomic mass is 10.0. The van der Waals surface area contributed by atoms with E-state index in [1.807, 2.05) is 7.05 Å². The first-order valence-corrected chi connectivity index (χ1v) is 6.56. The van der Waals surface area contributed by atoms with E-state index >= 15 is 0 Å². The number of hydrogen-bond acceptors (Lipinski definition) is 5. The first kappa shape index (κ1) is 12.6. The minimum Gasteiger partial charge on any atom is -0.381 e. The highest BCUT2D eigenvalue weighted by molar-refractivity contribution is 9.10. The largest absolute Gasteiger partial charge is 0.381 e. The monoisotopic (exact) mass is 299 g/mol. The number of nitrogens with zero attached hydrogens (tertiary/aromatic N) is 4. The van der Waals surface area contributed by atoms with Crippen LogP contribution in [0.2, 0.25) is 0 Å². The average Bonchev–Trinajstić information content (AvgIpc) is 2.32. The van der Waals surface area contributed by atoms with Crippen molar-refractivity contribution in [2.24, 2.45) is 0 Å². The molecule has 0 aromatic carbocycles. The van der Waals surface area contributed by atoms with E-state index in [0.717, 1.165) is 36.4 Å². The quantitative estimate of drug-likeness (QED) is 0.893. The van der Waals surface area contributed by atoms with Gasteiger partial charge in [-0.1, -0.05) is 0 Å². The zero-order valence-corrected chi connectivity index (χ0v) is 11.8. The fourth-order valence-corrected chi connectivity index (χ4v) is 2.45. The normalized spacial score (nSPS) is 18.3. The second kappa shape index (κ2) is 5.18. The number of likely N-dealkylation sites (tertiary alicyclic amines) is 1. The number of rotatable bonds is 2. The van der Waals surface area contributed by atoms with E-state index in [2.05, 4.69) is 42.7 Å². The highest BCUT2D eigenvalue weighted by Crippen LogP contribution is 2.24. The van der Waals surface area contributed by atoms with Crippen LogP contribution in [0.4, 0.5) is 11.6 Å². The van der Waals surface area contributed by atoms with Gasteiger partial charge in [-0.25, -0.2) is 9.97 Å². The molecule has 1 aliphatic rings. The van der Waals surface area contributed by atoms with Gasteiger partial charge in [0, 0.05) is 13.1 Å². The van der Waals surface area contributed by atoms with Gasteiger partial charge < -0.3 is 15.5 Å². The van der Waals surface area contributed by atoms with Crippen LogP contribution in [0.15, 0.2) is 10.8 Å². The molecule has 0 radical (unpaired) electrons. The van der Waals surface area contributed by atoms with Gasteiger partial charge in [-0.15, -0.1) is 0 Å². The summed E-state index contributed by atoms with van der Waals surface area (Å²) >= 11 is 3.33. The van der Waals surface area contributed by atoms with Crippen LogP contribution < -0.4 is 10.6 Å². The molecule has 1 aromatic heterocycles. The molecule has 0 spiro atoms. The van der Waals surface area contributed by atoms with E-state index < -0.39 is 0 Å². The van der Waals surface area contributed by atoms with Crippen LogP contribution in [0, 0.1) is 0 Å². The van der Waals surface area contributed by atoms with E-state index in [0.29, 0.717) is 11.9 Å². The standard InChI is InChI=1S/C11H18BrN5/c1-16-5-3-8(4-6-16)17(2)11-10(13)14-7-9(12)15-11/h7-8H,3-6H2,1-2H3,(H2,13,14). The van der Waals surface area contributed by atoms with Crippen LogP contribution in [0.5, 0.6) is 0 Å². The summed E-state index contributed by atoms with van der Waals surface area (Å²) in [6, 6.07) is 0.497. The third-order valence-corrected chi connectivity index (χ3v) is 3.70. The van der Waals surface area contributed by atoms with Gasteiger partial charge in [-0.05, 0) is 48.9 Å². The molecule has 94 valence electrons. The number of aromatic nitrogens is 2. The number of nitrogen functional groups attached to an aromatic ring is 1. The first-order chi connectivity index (χ1) is 8.08. The molecular formula is C11H18BrN5. The average molecular weight is 300 g/mol. The van der Waals surface area contributed by atoms with Crippen molar-refractivity contribution in [1.82, 2.24) is 14.9 Å². The van der Waals surface area contributed by atoms with Crippen molar-refractivity contribution in [3.63, 3.8) is 0 Å². The number of anilines is 2. The molecule has 0 aliphatic carbocycles. The van der Waals surface area contributed by atoms with Crippen molar-refractivity contribution in [3.05, 3.63) is 10.8 Å². The third-order valence-electron chi connectivity index (χ3n) is 3.32. The lowest BCUT2D eigenvalue weighted by Gasteiger charge is -2.35. The SMILES string of the molecule is CN1CCC(N(C)c2nc(Br)cnc2N)CC1. The molecular weight excluding hydrogens is 282 g/mol. The van der Waals surface area contributed by atoms with Gasteiger partial charge in [0.15, 0.2) is 11.6 Å². The van der Waals surface area contributed by atoms with Gasteiger partial charge in [-0.2, -0.15) is 0 Å². The summed E-state index contributed by atoms with van der Waals surface area (Å²) in [5, 5.41) is 0. The summed E-state index contributed by atoms with van der Waals surface area (Å²) in [5.41, 5.74) is 5.88. The maximum atomic E-state index is 5.88. The lowest BCUT2D eigenvalue weighted by Crippen LogP contribution is -2.42. The van der Waals surface area contributed by atoms with Crippen molar-refractivity contribution in [1.29, 1.82) is 0 Å². The van der Waals surface area contributed by atoms with Gasteiger partial charge in [0.05, 0.1) is 6.20 Å². The minimum absolute atomic E-state index is 0.495. The summed E-state index contributed by atoms with van der Waals surface area (Å²) in [6.45, 7) is 2.24. The molecule has 17 heavy (non-hydrogen) atoms. The van der Waals surface area contributed by atoms with Crippen LogP contribution in [0.25, 0.3) is 0 Å². The molecule has 2 heterocycles. The molecule has 0 unspecified atom stereocenters. The number of hydrogen-bond donors (Lipinski definition) is 1. The van der Waals surface area contributed by atoms with Crippen molar-refractivity contribution in [2.45, 2.75) is 18.9 Å². The van der Waals surface area contributed by atoms with E-state index in [1.54, 1.807) is 6.20 Å². The van der Waals surface area contributed by atoms with Gasteiger partial charge in [0.1, 0.15) is 4.60 Å². The van der Waals surface area contributed by atoms with Gasteiger partial charge in [-0.3, -0.25) is 0 Å². The molecule has 2 N–H and O–H groups in total. The number of piperidine rings is 1. The zero-order valence-electron chi connectivity index (χ0n) is 10.2. The Bertz CT molecular complexity index is 389. The van der Waals surface area contributed by atoms with Gasteiger partial charge >= 0.3 is 0 Å². The summed E-state index contributed by atoms with van der Waals surface area (Å²) < 4.78 is 0.724. The Labute approximate surface area is 110 Å².